The second-order valence-electron chi connectivity index (χ2n) is 8.69. The first-order valence-corrected chi connectivity index (χ1v) is 13.2. The van der Waals surface area contributed by atoms with Gasteiger partial charge in [0, 0.05) is 74.1 Å². The highest BCUT2D eigenvalue weighted by atomic mass is 32.2. The second-order valence-corrected chi connectivity index (χ2v) is 10.7. The van der Waals surface area contributed by atoms with Crippen LogP contribution in [0.5, 0.6) is 5.88 Å². The van der Waals surface area contributed by atoms with Crippen molar-refractivity contribution in [3.05, 3.63) is 66.0 Å². The molecule has 1 aromatic carbocycles. The number of carbonyl (C=O) groups is 1. The maximum Gasteiger partial charge on any atom is 0.215 e. The van der Waals surface area contributed by atoms with Crippen LogP contribution in [-0.2, 0) is 16.3 Å². The van der Waals surface area contributed by atoms with Crippen molar-refractivity contribution in [3.8, 4) is 5.88 Å². The van der Waals surface area contributed by atoms with Crippen molar-refractivity contribution in [1.82, 2.24) is 9.97 Å². The highest BCUT2D eigenvalue weighted by molar-refractivity contribution is 7.90. The summed E-state index contributed by atoms with van der Waals surface area (Å²) in [6.45, 7) is 2.42. The van der Waals surface area contributed by atoms with Crippen molar-refractivity contribution < 1.29 is 17.9 Å². The van der Waals surface area contributed by atoms with E-state index >= 15 is 0 Å². The summed E-state index contributed by atoms with van der Waals surface area (Å²) in [5, 5.41) is 0. The van der Waals surface area contributed by atoms with E-state index in [2.05, 4.69) is 19.8 Å². The number of piperidine rings is 1. The number of nitrogens with zero attached hydrogens (tertiary/aromatic N) is 4. The number of benzene rings is 1. The predicted octanol–water partition coefficient (Wildman–Crippen LogP) is 3.43. The molecular weight excluding hydrogens is 452 g/mol. The number of aldehydes is 1. The Morgan fingerprint density at radius 2 is 1.85 bits per heavy atom. The van der Waals surface area contributed by atoms with Gasteiger partial charge in [0.1, 0.15) is 11.9 Å². The molecule has 0 amide bonds. The number of sulfone groups is 1. The fraction of sp³-hybridized carbons (Fsp3) is 0.320. The number of hydrogen-bond donors (Lipinski definition) is 0. The smallest absolute Gasteiger partial charge is 0.215 e. The molecular formula is C25H26N4O4S. The van der Waals surface area contributed by atoms with E-state index in [0.717, 1.165) is 67.9 Å². The van der Waals surface area contributed by atoms with Crippen LogP contribution in [0.2, 0.25) is 0 Å². The molecule has 34 heavy (non-hydrogen) atoms. The summed E-state index contributed by atoms with van der Waals surface area (Å²) in [6, 6.07) is 12.9. The standard InChI is InChI=1S/C25H26N4O4S/c1-34(31,32)22-3-4-23-19(14-22)7-13-29(23)20-6-10-26-25(15-20)33-21-8-11-28(12-9-21)24-5-2-18(17-30)16-27-24/h2-6,10,14-17,21H,7-9,11-13H2,1H3. The van der Waals surface area contributed by atoms with Gasteiger partial charge in [-0.25, -0.2) is 18.4 Å². The van der Waals surface area contributed by atoms with Crippen molar-refractivity contribution in [2.75, 3.05) is 35.7 Å². The van der Waals surface area contributed by atoms with Crippen LogP contribution in [0.15, 0.2) is 59.8 Å². The maximum absolute atomic E-state index is 11.9. The van der Waals surface area contributed by atoms with Crippen LogP contribution >= 0.6 is 0 Å². The molecule has 5 rings (SSSR count). The van der Waals surface area contributed by atoms with Gasteiger partial charge in [-0.1, -0.05) is 0 Å². The number of carbonyl (C=O) groups excluding carboxylic acids is 1. The van der Waals surface area contributed by atoms with E-state index in [1.165, 1.54) is 6.26 Å². The van der Waals surface area contributed by atoms with Gasteiger partial charge in [0.2, 0.25) is 5.88 Å². The molecule has 0 atom stereocenters. The molecule has 0 radical (unpaired) electrons. The molecule has 0 spiro atoms. The molecule has 0 bridgehead atoms. The van der Waals surface area contributed by atoms with Gasteiger partial charge in [-0.3, -0.25) is 4.79 Å². The van der Waals surface area contributed by atoms with Crippen LogP contribution in [0.1, 0.15) is 28.8 Å². The Bertz CT molecular complexity index is 1300. The molecule has 2 aliphatic heterocycles. The van der Waals surface area contributed by atoms with Crippen LogP contribution < -0.4 is 14.5 Å². The van der Waals surface area contributed by atoms with E-state index in [4.69, 9.17) is 4.74 Å². The monoisotopic (exact) mass is 478 g/mol. The number of rotatable bonds is 6. The largest absolute Gasteiger partial charge is 0.474 e. The molecule has 2 aliphatic rings. The Labute approximate surface area is 199 Å². The maximum atomic E-state index is 11.9. The molecule has 1 fully saturated rings. The second kappa shape index (κ2) is 9.06. The fourth-order valence-electron chi connectivity index (χ4n) is 4.54. The summed E-state index contributed by atoms with van der Waals surface area (Å²) < 4.78 is 30.0. The molecule has 2 aromatic heterocycles. The summed E-state index contributed by atoms with van der Waals surface area (Å²) in [7, 11) is -3.22. The SMILES string of the molecule is CS(=O)(=O)c1ccc2c(c1)CCN2c1ccnc(OC2CCN(c3ccc(C=O)cn3)CC2)c1. The van der Waals surface area contributed by atoms with Gasteiger partial charge in [-0.2, -0.15) is 0 Å². The molecule has 0 saturated carbocycles. The van der Waals surface area contributed by atoms with Crippen LogP contribution in [0.25, 0.3) is 0 Å². The Kier molecular flexibility index (Phi) is 5.95. The summed E-state index contributed by atoms with van der Waals surface area (Å²) in [4.78, 5) is 24.3. The van der Waals surface area contributed by atoms with Crippen LogP contribution in [0, 0.1) is 0 Å². The number of pyridine rings is 2. The minimum absolute atomic E-state index is 0.0661. The summed E-state index contributed by atoms with van der Waals surface area (Å²) in [5.41, 5.74) is 3.60. The Morgan fingerprint density at radius 3 is 2.56 bits per heavy atom. The number of aromatic nitrogens is 2. The van der Waals surface area contributed by atoms with Crippen LogP contribution in [0.4, 0.5) is 17.2 Å². The highest BCUT2D eigenvalue weighted by Crippen LogP contribution is 2.36. The summed E-state index contributed by atoms with van der Waals surface area (Å²) in [6.07, 6.45) is 7.94. The van der Waals surface area contributed by atoms with Gasteiger partial charge in [-0.15, -0.1) is 0 Å². The van der Waals surface area contributed by atoms with Gasteiger partial charge >= 0.3 is 0 Å². The lowest BCUT2D eigenvalue weighted by atomic mass is 10.1. The zero-order chi connectivity index (χ0) is 23.7. The van der Waals surface area contributed by atoms with Gasteiger partial charge in [-0.05, 0) is 48.4 Å². The molecule has 3 aromatic rings. The lowest BCUT2D eigenvalue weighted by molar-refractivity contribution is 0.112. The third-order valence-electron chi connectivity index (χ3n) is 6.36. The quantitative estimate of drug-likeness (QED) is 0.498. The minimum Gasteiger partial charge on any atom is -0.474 e. The average Bonchev–Trinajstić information content (AvgIpc) is 3.28. The fourth-order valence-corrected chi connectivity index (χ4v) is 5.21. The zero-order valence-corrected chi connectivity index (χ0v) is 19.7. The first-order valence-electron chi connectivity index (χ1n) is 11.3. The molecule has 8 nitrogen and oxygen atoms in total. The Balaban J connectivity index is 1.24. The lowest BCUT2D eigenvalue weighted by Crippen LogP contribution is -2.38. The van der Waals surface area contributed by atoms with Crippen molar-refractivity contribution in [2.45, 2.75) is 30.3 Å². The van der Waals surface area contributed by atoms with Gasteiger partial charge in [0.15, 0.2) is 16.1 Å². The van der Waals surface area contributed by atoms with E-state index in [-0.39, 0.29) is 6.10 Å². The number of ether oxygens (including phenoxy) is 1. The molecule has 4 heterocycles. The highest BCUT2D eigenvalue weighted by Gasteiger charge is 2.25. The molecule has 0 aliphatic carbocycles. The Hall–Kier alpha value is -3.46. The molecule has 1 saturated heterocycles. The van der Waals surface area contributed by atoms with Crippen molar-refractivity contribution in [2.24, 2.45) is 0 Å². The van der Waals surface area contributed by atoms with E-state index in [1.807, 2.05) is 24.3 Å². The number of anilines is 3. The minimum atomic E-state index is -3.22. The van der Waals surface area contributed by atoms with Crippen LogP contribution in [0.3, 0.4) is 0 Å². The van der Waals surface area contributed by atoms with E-state index in [0.29, 0.717) is 16.3 Å². The van der Waals surface area contributed by atoms with Crippen molar-refractivity contribution in [1.29, 1.82) is 0 Å². The summed E-state index contributed by atoms with van der Waals surface area (Å²) in [5.74, 6) is 1.46. The zero-order valence-electron chi connectivity index (χ0n) is 18.9. The van der Waals surface area contributed by atoms with Gasteiger partial charge in [0.25, 0.3) is 0 Å². The van der Waals surface area contributed by atoms with Gasteiger partial charge in [0.05, 0.1) is 4.90 Å². The molecule has 9 heteroatoms. The molecule has 176 valence electrons. The number of fused-ring (bicyclic) bond motifs is 1. The predicted molar refractivity (Wildman–Crippen MR) is 130 cm³/mol. The molecule has 0 N–H and O–H groups in total. The topological polar surface area (TPSA) is 92.7 Å². The Morgan fingerprint density at radius 1 is 1.03 bits per heavy atom. The third-order valence-corrected chi connectivity index (χ3v) is 7.48. The van der Waals surface area contributed by atoms with E-state index in [9.17, 15) is 13.2 Å². The first-order chi connectivity index (χ1) is 16.4. The summed E-state index contributed by atoms with van der Waals surface area (Å²) >= 11 is 0. The normalized spacial score (nSPS) is 16.4. The van der Waals surface area contributed by atoms with Crippen LogP contribution in [-0.4, -0.2) is 56.7 Å². The van der Waals surface area contributed by atoms with Crippen molar-refractivity contribution in [3.63, 3.8) is 0 Å². The third kappa shape index (κ3) is 4.61. The van der Waals surface area contributed by atoms with Gasteiger partial charge < -0.3 is 14.5 Å². The number of hydrogen-bond acceptors (Lipinski definition) is 8. The van der Waals surface area contributed by atoms with E-state index < -0.39 is 9.84 Å². The lowest BCUT2D eigenvalue weighted by Gasteiger charge is -2.32. The molecule has 0 unspecified atom stereocenters. The first kappa shape index (κ1) is 22.3. The average molecular weight is 479 g/mol. The van der Waals surface area contributed by atoms with E-state index in [1.54, 1.807) is 30.6 Å². The van der Waals surface area contributed by atoms with Crippen molar-refractivity contribution >= 4 is 33.3 Å².